The van der Waals surface area contributed by atoms with Crippen molar-refractivity contribution in [1.82, 2.24) is 15.5 Å². The van der Waals surface area contributed by atoms with Gasteiger partial charge < -0.3 is 25.4 Å². The van der Waals surface area contributed by atoms with Gasteiger partial charge in [0, 0.05) is 24.2 Å². The number of nitrogens with one attached hydrogen (secondary N) is 3. The third-order valence-electron chi connectivity index (χ3n) is 4.98. The molecule has 1 aromatic rings. The first kappa shape index (κ1) is 20.9. The van der Waals surface area contributed by atoms with E-state index in [2.05, 4.69) is 16.0 Å². The normalized spacial score (nSPS) is 16.3. The Labute approximate surface area is 170 Å². The second-order valence-corrected chi connectivity index (χ2v) is 7.23. The topological polar surface area (TPSA) is 109 Å². The standard InChI is InChI=1S/C20H28N4O5/c1-2-7-21-18(25)11-22-19(26)12-24-8-5-14(6-9-24)20(27)23-15-3-4-16-17(10-15)29-13-28-16/h3-4,10,14H,2,5-9,11-13H2,1H3,(H,21,25)(H,22,26)(H,23,27). The van der Waals surface area contributed by atoms with Crippen LogP contribution in [-0.2, 0) is 14.4 Å². The predicted molar refractivity (Wildman–Crippen MR) is 107 cm³/mol. The predicted octanol–water partition coefficient (Wildman–Crippen LogP) is 0.708. The molecule has 0 aromatic heterocycles. The maximum Gasteiger partial charge on any atom is 0.239 e. The van der Waals surface area contributed by atoms with Crippen molar-refractivity contribution in [2.45, 2.75) is 26.2 Å². The van der Waals surface area contributed by atoms with Crippen molar-refractivity contribution >= 4 is 23.4 Å². The van der Waals surface area contributed by atoms with E-state index in [0.29, 0.717) is 49.7 Å². The first-order valence-corrected chi connectivity index (χ1v) is 10.0. The Morgan fingerprint density at radius 3 is 2.59 bits per heavy atom. The highest BCUT2D eigenvalue weighted by Crippen LogP contribution is 2.34. The van der Waals surface area contributed by atoms with Crippen LogP contribution in [0.25, 0.3) is 0 Å². The van der Waals surface area contributed by atoms with Crippen LogP contribution < -0.4 is 25.4 Å². The van der Waals surface area contributed by atoms with Crippen molar-refractivity contribution in [1.29, 1.82) is 0 Å². The Hall–Kier alpha value is -2.81. The van der Waals surface area contributed by atoms with Gasteiger partial charge in [-0.3, -0.25) is 19.3 Å². The fourth-order valence-electron chi connectivity index (χ4n) is 3.34. The largest absolute Gasteiger partial charge is 0.454 e. The second kappa shape index (κ2) is 10.1. The molecule has 0 saturated carbocycles. The average Bonchev–Trinajstić information content (AvgIpc) is 3.19. The molecule has 158 valence electrons. The van der Waals surface area contributed by atoms with Crippen LogP contribution in [0.15, 0.2) is 18.2 Å². The number of carbonyl (C=O) groups excluding carboxylic acids is 3. The maximum atomic E-state index is 12.5. The number of ether oxygens (including phenoxy) is 2. The number of likely N-dealkylation sites (tertiary alicyclic amines) is 1. The molecule has 3 N–H and O–H groups in total. The molecule has 9 nitrogen and oxygen atoms in total. The number of benzene rings is 1. The Morgan fingerprint density at radius 2 is 1.83 bits per heavy atom. The summed E-state index contributed by atoms with van der Waals surface area (Å²) in [7, 11) is 0. The molecule has 3 amide bonds. The molecule has 1 aromatic carbocycles. The quantitative estimate of drug-likeness (QED) is 0.589. The first-order chi connectivity index (χ1) is 14.0. The van der Waals surface area contributed by atoms with Crippen LogP contribution in [0, 0.1) is 5.92 Å². The van der Waals surface area contributed by atoms with Gasteiger partial charge in [-0.1, -0.05) is 6.92 Å². The summed E-state index contributed by atoms with van der Waals surface area (Å²) < 4.78 is 10.6. The van der Waals surface area contributed by atoms with Gasteiger partial charge >= 0.3 is 0 Å². The van der Waals surface area contributed by atoms with Crippen molar-refractivity contribution in [3.8, 4) is 11.5 Å². The number of piperidine rings is 1. The molecule has 0 bridgehead atoms. The van der Waals surface area contributed by atoms with Gasteiger partial charge in [0.05, 0.1) is 13.1 Å². The lowest BCUT2D eigenvalue weighted by Crippen LogP contribution is -2.45. The molecule has 0 spiro atoms. The van der Waals surface area contributed by atoms with Crippen LogP contribution in [0.3, 0.4) is 0 Å². The van der Waals surface area contributed by atoms with E-state index in [1.54, 1.807) is 18.2 Å². The summed E-state index contributed by atoms with van der Waals surface area (Å²) in [6.07, 6.45) is 2.22. The van der Waals surface area contributed by atoms with Gasteiger partial charge in [0.1, 0.15) is 0 Å². The Morgan fingerprint density at radius 1 is 1.07 bits per heavy atom. The Balaban J connectivity index is 1.37. The van der Waals surface area contributed by atoms with Crippen LogP contribution in [0.4, 0.5) is 5.69 Å². The summed E-state index contributed by atoms with van der Waals surface area (Å²) >= 11 is 0. The monoisotopic (exact) mass is 404 g/mol. The highest BCUT2D eigenvalue weighted by atomic mass is 16.7. The molecule has 29 heavy (non-hydrogen) atoms. The fourth-order valence-corrected chi connectivity index (χ4v) is 3.34. The molecule has 1 fully saturated rings. The van der Waals surface area contributed by atoms with Gasteiger partial charge in [0.25, 0.3) is 0 Å². The molecule has 3 rings (SSSR count). The Bertz CT molecular complexity index is 746. The number of carbonyl (C=O) groups is 3. The average molecular weight is 404 g/mol. The number of nitrogens with zero attached hydrogens (tertiary/aromatic N) is 1. The summed E-state index contributed by atoms with van der Waals surface area (Å²) in [6.45, 7) is 4.32. The lowest BCUT2D eigenvalue weighted by atomic mass is 9.96. The number of hydrogen-bond donors (Lipinski definition) is 3. The van der Waals surface area contributed by atoms with Crippen LogP contribution in [-0.4, -0.2) is 62.1 Å². The smallest absolute Gasteiger partial charge is 0.239 e. The number of fused-ring (bicyclic) bond motifs is 1. The van der Waals surface area contributed by atoms with Crippen LogP contribution >= 0.6 is 0 Å². The fraction of sp³-hybridized carbons (Fsp3) is 0.550. The van der Waals surface area contributed by atoms with Crippen molar-refractivity contribution in [2.24, 2.45) is 5.92 Å². The van der Waals surface area contributed by atoms with Gasteiger partial charge in [0.2, 0.25) is 24.5 Å². The summed E-state index contributed by atoms with van der Waals surface area (Å²) in [5, 5.41) is 8.28. The van der Waals surface area contributed by atoms with E-state index >= 15 is 0 Å². The van der Waals surface area contributed by atoms with E-state index in [1.807, 2.05) is 11.8 Å². The van der Waals surface area contributed by atoms with Gasteiger partial charge in [-0.05, 0) is 44.5 Å². The zero-order chi connectivity index (χ0) is 20.6. The second-order valence-electron chi connectivity index (χ2n) is 7.23. The summed E-state index contributed by atoms with van der Waals surface area (Å²) in [5.41, 5.74) is 0.683. The lowest BCUT2D eigenvalue weighted by Gasteiger charge is -2.30. The zero-order valence-corrected chi connectivity index (χ0v) is 16.7. The molecule has 9 heteroatoms. The van der Waals surface area contributed by atoms with Gasteiger partial charge in [-0.25, -0.2) is 0 Å². The molecule has 0 radical (unpaired) electrons. The van der Waals surface area contributed by atoms with E-state index in [-0.39, 0.29) is 43.5 Å². The summed E-state index contributed by atoms with van der Waals surface area (Å²) in [6, 6.07) is 5.33. The van der Waals surface area contributed by atoms with Crippen molar-refractivity contribution in [2.75, 3.05) is 44.8 Å². The third-order valence-corrected chi connectivity index (χ3v) is 4.98. The van der Waals surface area contributed by atoms with Gasteiger partial charge in [-0.2, -0.15) is 0 Å². The number of amides is 3. The molecule has 0 aliphatic carbocycles. The molecule has 2 aliphatic rings. The van der Waals surface area contributed by atoms with E-state index < -0.39 is 0 Å². The highest BCUT2D eigenvalue weighted by Gasteiger charge is 2.26. The van der Waals surface area contributed by atoms with E-state index in [1.165, 1.54) is 0 Å². The van der Waals surface area contributed by atoms with Crippen LogP contribution in [0.2, 0.25) is 0 Å². The SMILES string of the molecule is CCCNC(=O)CNC(=O)CN1CCC(C(=O)Nc2ccc3c(c2)OCO3)CC1. The van der Waals surface area contributed by atoms with Gasteiger partial charge in [-0.15, -0.1) is 0 Å². The first-order valence-electron chi connectivity index (χ1n) is 10.0. The van der Waals surface area contributed by atoms with Gasteiger partial charge in [0.15, 0.2) is 11.5 Å². The molecule has 1 saturated heterocycles. The van der Waals surface area contributed by atoms with E-state index in [9.17, 15) is 14.4 Å². The zero-order valence-electron chi connectivity index (χ0n) is 16.7. The van der Waals surface area contributed by atoms with Crippen molar-refractivity contribution in [3.63, 3.8) is 0 Å². The molecule has 2 heterocycles. The minimum atomic E-state index is -0.181. The number of anilines is 1. The summed E-state index contributed by atoms with van der Waals surface area (Å²) in [5.74, 6) is 0.823. The van der Waals surface area contributed by atoms with E-state index in [4.69, 9.17) is 9.47 Å². The van der Waals surface area contributed by atoms with Crippen molar-refractivity contribution < 1.29 is 23.9 Å². The molecular weight excluding hydrogens is 376 g/mol. The van der Waals surface area contributed by atoms with Crippen LogP contribution in [0.1, 0.15) is 26.2 Å². The Kier molecular flexibility index (Phi) is 7.29. The van der Waals surface area contributed by atoms with E-state index in [0.717, 1.165) is 6.42 Å². The minimum Gasteiger partial charge on any atom is -0.454 e. The molecule has 0 unspecified atom stereocenters. The minimum absolute atomic E-state index is 0.00671. The maximum absolute atomic E-state index is 12.5. The molecular formula is C20H28N4O5. The third kappa shape index (κ3) is 6.08. The van der Waals surface area contributed by atoms with Crippen LogP contribution in [0.5, 0.6) is 11.5 Å². The molecule has 0 atom stereocenters. The summed E-state index contributed by atoms with van der Waals surface area (Å²) in [4.78, 5) is 38.1. The number of hydrogen-bond acceptors (Lipinski definition) is 6. The van der Waals surface area contributed by atoms with Crippen molar-refractivity contribution in [3.05, 3.63) is 18.2 Å². The highest BCUT2D eigenvalue weighted by molar-refractivity contribution is 5.93. The lowest BCUT2D eigenvalue weighted by molar-refractivity contribution is -0.127. The molecule has 2 aliphatic heterocycles. The number of rotatable bonds is 8.